The zero-order valence-corrected chi connectivity index (χ0v) is 14.4. The Morgan fingerprint density at radius 3 is 2.68 bits per heavy atom. The Balaban J connectivity index is 1.85. The second-order valence-electron chi connectivity index (χ2n) is 5.71. The standard InChI is InChI=1S/C18H17N3O3S/c1-25(23,24)12-14-5-4-6-15(11-14)18(22)20-16-7-2-3-8-17(16)21-10-9-19-13-21/h2-11,13H,12H2,1H3,(H,20,22). The van der Waals surface area contributed by atoms with Crippen LogP contribution in [-0.4, -0.2) is 30.1 Å². The highest BCUT2D eigenvalue weighted by Gasteiger charge is 2.12. The van der Waals surface area contributed by atoms with Gasteiger partial charge in [0, 0.05) is 24.2 Å². The molecule has 3 rings (SSSR count). The molecular formula is C18H17N3O3S. The average molecular weight is 355 g/mol. The molecule has 3 aromatic rings. The van der Waals surface area contributed by atoms with Crippen LogP contribution in [0.25, 0.3) is 5.69 Å². The maximum absolute atomic E-state index is 12.6. The van der Waals surface area contributed by atoms with Crippen molar-refractivity contribution < 1.29 is 13.2 Å². The highest BCUT2D eigenvalue weighted by atomic mass is 32.2. The van der Waals surface area contributed by atoms with Crippen LogP contribution >= 0.6 is 0 Å². The first-order valence-corrected chi connectivity index (χ1v) is 9.64. The van der Waals surface area contributed by atoms with Gasteiger partial charge < -0.3 is 9.88 Å². The molecule has 25 heavy (non-hydrogen) atoms. The molecule has 1 heterocycles. The van der Waals surface area contributed by atoms with Crippen LogP contribution in [0.1, 0.15) is 15.9 Å². The number of hydrogen-bond donors (Lipinski definition) is 1. The molecule has 0 fully saturated rings. The maximum Gasteiger partial charge on any atom is 0.255 e. The van der Waals surface area contributed by atoms with E-state index in [1.165, 1.54) is 6.26 Å². The van der Waals surface area contributed by atoms with E-state index in [4.69, 9.17) is 0 Å². The first-order valence-electron chi connectivity index (χ1n) is 7.58. The molecule has 0 saturated heterocycles. The molecule has 2 aromatic carbocycles. The number of anilines is 1. The monoisotopic (exact) mass is 355 g/mol. The third-order valence-corrected chi connectivity index (χ3v) is 4.41. The van der Waals surface area contributed by atoms with Crippen LogP contribution in [0.2, 0.25) is 0 Å². The molecule has 128 valence electrons. The van der Waals surface area contributed by atoms with Crippen LogP contribution < -0.4 is 5.32 Å². The Hall–Kier alpha value is -2.93. The molecule has 0 spiro atoms. The Kier molecular flexibility index (Phi) is 4.67. The number of amides is 1. The fourth-order valence-electron chi connectivity index (χ4n) is 2.51. The summed E-state index contributed by atoms with van der Waals surface area (Å²) in [4.78, 5) is 16.6. The summed E-state index contributed by atoms with van der Waals surface area (Å²) in [5, 5.41) is 2.87. The molecule has 1 aromatic heterocycles. The van der Waals surface area contributed by atoms with Crippen molar-refractivity contribution in [3.8, 4) is 5.69 Å². The van der Waals surface area contributed by atoms with E-state index in [0.29, 0.717) is 16.8 Å². The molecule has 0 radical (unpaired) electrons. The van der Waals surface area contributed by atoms with Gasteiger partial charge in [0.15, 0.2) is 9.84 Å². The number of rotatable bonds is 5. The quantitative estimate of drug-likeness (QED) is 0.763. The Morgan fingerprint density at radius 1 is 1.16 bits per heavy atom. The van der Waals surface area contributed by atoms with Crippen molar-refractivity contribution in [2.75, 3.05) is 11.6 Å². The summed E-state index contributed by atoms with van der Waals surface area (Å²) in [6, 6.07) is 14.0. The number of benzene rings is 2. The topological polar surface area (TPSA) is 81.1 Å². The van der Waals surface area contributed by atoms with Gasteiger partial charge in [0.1, 0.15) is 0 Å². The smallest absolute Gasteiger partial charge is 0.255 e. The number of nitrogens with zero attached hydrogens (tertiary/aromatic N) is 2. The van der Waals surface area contributed by atoms with E-state index >= 15 is 0 Å². The first kappa shape index (κ1) is 16.9. The third-order valence-electron chi connectivity index (χ3n) is 3.55. The van der Waals surface area contributed by atoms with Gasteiger partial charge in [-0.05, 0) is 29.8 Å². The molecule has 0 unspecified atom stereocenters. The van der Waals surface area contributed by atoms with Crippen molar-refractivity contribution in [1.29, 1.82) is 0 Å². The zero-order valence-electron chi connectivity index (χ0n) is 13.6. The van der Waals surface area contributed by atoms with Gasteiger partial charge >= 0.3 is 0 Å². The minimum absolute atomic E-state index is 0.0975. The number of sulfone groups is 1. The fourth-order valence-corrected chi connectivity index (χ4v) is 3.29. The van der Waals surface area contributed by atoms with Crippen LogP contribution in [-0.2, 0) is 15.6 Å². The van der Waals surface area contributed by atoms with Crippen LogP contribution in [0, 0.1) is 0 Å². The number of carbonyl (C=O) groups excluding carboxylic acids is 1. The van der Waals surface area contributed by atoms with Gasteiger partial charge in [-0.1, -0.05) is 24.3 Å². The molecule has 0 aliphatic heterocycles. The molecule has 0 saturated carbocycles. The van der Waals surface area contributed by atoms with Gasteiger partial charge in [0.2, 0.25) is 0 Å². The fraction of sp³-hybridized carbons (Fsp3) is 0.111. The van der Waals surface area contributed by atoms with Crippen LogP contribution in [0.4, 0.5) is 5.69 Å². The van der Waals surface area contributed by atoms with E-state index in [1.54, 1.807) is 53.6 Å². The summed E-state index contributed by atoms with van der Waals surface area (Å²) in [5.74, 6) is -0.400. The molecule has 0 atom stereocenters. The molecule has 1 amide bonds. The van der Waals surface area contributed by atoms with E-state index < -0.39 is 9.84 Å². The number of aromatic nitrogens is 2. The summed E-state index contributed by atoms with van der Waals surface area (Å²) in [6.07, 6.45) is 6.27. The number of hydrogen-bond acceptors (Lipinski definition) is 4. The van der Waals surface area contributed by atoms with Crippen molar-refractivity contribution in [3.63, 3.8) is 0 Å². The number of para-hydroxylation sites is 2. The van der Waals surface area contributed by atoms with Crippen LogP contribution in [0.15, 0.2) is 67.3 Å². The highest BCUT2D eigenvalue weighted by Crippen LogP contribution is 2.20. The van der Waals surface area contributed by atoms with Crippen molar-refractivity contribution in [1.82, 2.24) is 9.55 Å². The molecule has 0 aliphatic rings. The van der Waals surface area contributed by atoms with E-state index in [1.807, 2.05) is 18.2 Å². The molecular weight excluding hydrogens is 338 g/mol. The van der Waals surface area contributed by atoms with E-state index in [9.17, 15) is 13.2 Å². The predicted molar refractivity (Wildman–Crippen MR) is 96.5 cm³/mol. The summed E-state index contributed by atoms with van der Waals surface area (Å²) >= 11 is 0. The van der Waals surface area contributed by atoms with Gasteiger partial charge in [-0.25, -0.2) is 13.4 Å². The molecule has 7 heteroatoms. The summed E-state index contributed by atoms with van der Waals surface area (Å²) in [7, 11) is -3.16. The second-order valence-corrected chi connectivity index (χ2v) is 7.85. The second kappa shape index (κ2) is 6.90. The van der Waals surface area contributed by atoms with Crippen LogP contribution in [0.5, 0.6) is 0 Å². The maximum atomic E-state index is 12.6. The van der Waals surface area contributed by atoms with Crippen LogP contribution in [0.3, 0.4) is 0 Å². The van der Waals surface area contributed by atoms with Crippen molar-refractivity contribution >= 4 is 21.4 Å². The highest BCUT2D eigenvalue weighted by molar-refractivity contribution is 7.89. The lowest BCUT2D eigenvalue weighted by Crippen LogP contribution is -2.14. The minimum atomic E-state index is -3.16. The number of carbonyl (C=O) groups is 1. The number of imidazole rings is 1. The summed E-state index contributed by atoms with van der Waals surface area (Å²) < 4.78 is 24.7. The molecule has 1 N–H and O–H groups in total. The molecule has 6 nitrogen and oxygen atoms in total. The van der Waals surface area contributed by atoms with Gasteiger partial charge in [0.05, 0.1) is 23.5 Å². The Morgan fingerprint density at radius 2 is 1.96 bits per heavy atom. The van der Waals surface area contributed by atoms with E-state index in [2.05, 4.69) is 10.3 Å². The Bertz CT molecular complexity index is 996. The molecule has 0 bridgehead atoms. The largest absolute Gasteiger partial charge is 0.320 e. The van der Waals surface area contributed by atoms with Crippen molar-refractivity contribution in [2.24, 2.45) is 0 Å². The lowest BCUT2D eigenvalue weighted by atomic mass is 10.1. The SMILES string of the molecule is CS(=O)(=O)Cc1cccc(C(=O)Nc2ccccc2-n2ccnc2)c1. The normalized spacial score (nSPS) is 11.2. The van der Waals surface area contributed by atoms with Crippen molar-refractivity contribution in [2.45, 2.75) is 5.75 Å². The van der Waals surface area contributed by atoms with E-state index in [0.717, 1.165) is 5.69 Å². The van der Waals surface area contributed by atoms with E-state index in [-0.39, 0.29) is 11.7 Å². The molecule has 0 aliphatic carbocycles. The average Bonchev–Trinajstić information content (AvgIpc) is 3.08. The summed E-state index contributed by atoms with van der Waals surface area (Å²) in [6.45, 7) is 0. The number of nitrogens with one attached hydrogen (secondary N) is 1. The Labute approximate surface area is 146 Å². The van der Waals surface area contributed by atoms with Gasteiger partial charge in [-0.2, -0.15) is 0 Å². The minimum Gasteiger partial charge on any atom is -0.320 e. The van der Waals surface area contributed by atoms with Gasteiger partial charge in [0.25, 0.3) is 5.91 Å². The van der Waals surface area contributed by atoms with Crippen molar-refractivity contribution in [3.05, 3.63) is 78.4 Å². The summed E-state index contributed by atoms with van der Waals surface area (Å²) in [5.41, 5.74) is 2.42. The lowest BCUT2D eigenvalue weighted by molar-refractivity contribution is 0.102. The van der Waals surface area contributed by atoms with Gasteiger partial charge in [-0.3, -0.25) is 4.79 Å². The third kappa shape index (κ3) is 4.33. The zero-order chi connectivity index (χ0) is 17.9. The lowest BCUT2D eigenvalue weighted by Gasteiger charge is -2.12. The first-order chi connectivity index (χ1) is 11.9. The predicted octanol–water partition coefficient (Wildman–Crippen LogP) is 2.67. The van der Waals surface area contributed by atoms with Gasteiger partial charge in [-0.15, -0.1) is 0 Å².